The van der Waals surface area contributed by atoms with Gasteiger partial charge in [0.2, 0.25) is 11.8 Å². The summed E-state index contributed by atoms with van der Waals surface area (Å²) in [6, 6.07) is 8.11. The molecule has 2 aromatic rings. The fourth-order valence-electron chi connectivity index (χ4n) is 5.07. The van der Waals surface area contributed by atoms with Gasteiger partial charge in [-0.15, -0.1) is 0 Å². The Bertz CT molecular complexity index is 1210. The van der Waals surface area contributed by atoms with Gasteiger partial charge in [0.25, 0.3) is 0 Å². The van der Waals surface area contributed by atoms with Crippen LogP contribution in [0.15, 0.2) is 48.0 Å². The highest BCUT2D eigenvalue weighted by molar-refractivity contribution is 5.96. The van der Waals surface area contributed by atoms with Crippen LogP contribution < -0.4 is 14.8 Å². The van der Waals surface area contributed by atoms with Crippen LogP contribution in [0, 0.1) is 11.7 Å². The number of nitrogens with zero attached hydrogens (tertiary/aromatic N) is 1. The number of methoxy groups -OCH3 is 1. The highest BCUT2D eigenvalue weighted by atomic mass is 19.1. The van der Waals surface area contributed by atoms with Crippen LogP contribution in [0.1, 0.15) is 36.5 Å². The first-order chi connectivity index (χ1) is 18.2. The standard InChI is InChI=1S/C28H33FN2O7/c1-15(2)28(36)31(13-16-4-6-18(29)7-5-16)21-12-20(27(35)30-8-9-32)23-19-10-17(14-33)11-22(37-3)25(19)38-26(23)24(21)34/h4-7,10-12,15,21,23-24,26,32-34H,8-9,13-14H2,1-3H3,(H,30,35). The molecule has 0 saturated carbocycles. The number of amides is 2. The van der Waals surface area contributed by atoms with Crippen LogP contribution in [0.5, 0.6) is 11.5 Å². The smallest absolute Gasteiger partial charge is 0.247 e. The van der Waals surface area contributed by atoms with Crippen molar-refractivity contribution in [1.29, 1.82) is 0 Å². The minimum atomic E-state index is -1.23. The summed E-state index contributed by atoms with van der Waals surface area (Å²) in [5, 5.41) is 33.3. The monoisotopic (exact) mass is 528 g/mol. The van der Waals surface area contributed by atoms with Crippen molar-refractivity contribution in [2.24, 2.45) is 5.92 Å². The van der Waals surface area contributed by atoms with Crippen molar-refractivity contribution in [2.45, 2.75) is 51.2 Å². The summed E-state index contributed by atoms with van der Waals surface area (Å²) in [6.45, 7) is 3.02. The second kappa shape index (κ2) is 11.5. The van der Waals surface area contributed by atoms with Gasteiger partial charge in [0, 0.05) is 30.1 Å². The van der Waals surface area contributed by atoms with Crippen LogP contribution in [0.4, 0.5) is 4.39 Å². The predicted molar refractivity (Wildman–Crippen MR) is 136 cm³/mol. The number of aliphatic hydroxyl groups excluding tert-OH is 3. The van der Waals surface area contributed by atoms with Gasteiger partial charge in [-0.2, -0.15) is 0 Å². The summed E-state index contributed by atoms with van der Waals surface area (Å²) < 4.78 is 25.2. The van der Waals surface area contributed by atoms with E-state index in [1.807, 2.05) is 0 Å². The maximum atomic E-state index is 13.5. The van der Waals surface area contributed by atoms with Crippen LogP contribution in [-0.4, -0.2) is 70.5 Å². The van der Waals surface area contributed by atoms with E-state index in [9.17, 15) is 29.3 Å². The third-order valence-corrected chi connectivity index (χ3v) is 6.90. The SMILES string of the molecule is COc1cc(CO)cc2c1OC1C2C(C(=O)NCCO)=CC(N(Cc2ccc(F)cc2)C(=O)C(C)C)C1O. The summed E-state index contributed by atoms with van der Waals surface area (Å²) in [6.07, 6.45) is -0.598. The maximum absolute atomic E-state index is 13.5. The molecular weight excluding hydrogens is 495 g/mol. The lowest BCUT2D eigenvalue weighted by molar-refractivity contribution is -0.141. The lowest BCUT2D eigenvalue weighted by Gasteiger charge is -2.41. The molecule has 1 heterocycles. The lowest BCUT2D eigenvalue weighted by atomic mass is 9.77. The zero-order valence-electron chi connectivity index (χ0n) is 21.6. The molecule has 0 aromatic heterocycles. The second-order valence-electron chi connectivity index (χ2n) is 9.76. The predicted octanol–water partition coefficient (Wildman–Crippen LogP) is 1.63. The van der Waals surface area contributed by atoms with Gasteiger partial charge < -0.3 is 35.0 Å². The van der Waals surface area contributed by atoms with Gasteiger partial charge in [-0.05, 0) is 41.5 Å². The number of hydrogen-bond acceptors (Lipinski definition) is 7. The number of fused-ring (bicyclic) bond motifs is 3. The summed E-state index contributed by atoms with van der Waals surface area (Å²) in [5.41, 5.74) is 2.03. The molecule has 1 aliphatic carbocycles. The minimum absolute atomic E-state index is 0.0126. The molecule has 1 aliphatic heterocycles. The maximum Gasteiger partial charge on any atom is 0.247 e. The van der Waals surface area contributed by atoms with E-state index in [0.29, 0.717) is 28.2 Å². The van der Waals surface area contributed by atoms with Crippen molar-refractivity contribution in [1.82, 2.24) is 10.2 Å². The molecule has 4 N–H and O–H groups in total. The Morgan fingerprint density at radius 1 is 1.16 bits per heavy atom. The van der Waals surface area contributed by atoms with Crippen molar-refractivity contribution in [3.8, 4) is 11.5 Å². The van der Waals surface area contributed by atoms with Gasteiger partial charge in [0.05, 0.1) is 32.3 Å². The summed E-state index contributed by atoms with van der Waals surface area (Å²) in [7, 11) is 1.46. The molecule has 2 aromatic carbocycles. The fourth-order valence-corrected chi connectivity index (χ4v) is 5.07. The largest absolute Gasteiger partial charge is 0.493 e. The minimum Gasteiger partial charge on any atom is -0.493 e. The number of carbonyl (C=O) groups excluding carboxylic acids is 2. The zero-order chi connectivity index (χ0) is 27.6. The molecule has 38 heavy (non-hydrogen) atoms. The number of carbonyl (C=O) groups is 2. The molecule has 0 bridgehead atoms. The van der Waals surface area contributed by atoms with E-state index in [-0.39, 0.29) is 37.8 Å². The van der Waals surface area contributed by atoms with Crippen molar-refractivity contribution in [2.75, 3.05) is 20.3 Å². The molecule has 2 amide bonds. The quantitative estimate of drug-likeness (QED) is 0.390. The lowest BCUT2D eigenvalue weighted by Crippen LogP contribution is -2.56. The normalized spacial score (nSPS) is 21.7. The van der Waals surface area contributed by atoms with E-state index in [2.05, 4.69) is 5.32 Å². The number of benzene rings is 2. The van der Waals surface area contributed by atoms with E-state index in [4.69, 9.17) is 9.47 Å². The first kappa shape index (κ1) is 27.6. The van der Waals surface area contributed by atoms with Gasteiger partial charge in [-0.1, -0.05) is 26.0 Å². The Labute approximate surface area is 220 Å². The zero-order valence-corrected chi connectivity index (χ0v) is 21.6. The third-order valence-electron chi connectivity index (χ3n) is 6.90. The Hall–Kier alpha value is -3.47. The molecule has 4 atom stereocenters. The molecule has 0 radical (unpaired) electrons. The molecule has 4 unspecified atom stereocenters. The molecule has 4 rings (SSSR count). The van der Waals surface area contributed by atoms with Crippen LogP contribution in [0.25, 0.3) is 0 Å². The molecule has 0 fully saturated rings. The first-order valence-corrected chi connectivity index (χ1v) is 12.5. The van der Waals surface area contributed by atoms with E-state index in [1.54, 1.807) is 44.2 Å². The molecule has 0 spiro atoms. The number of nitrogens with one attached hydrogen (secondary N) is 1. The Balaban J connectivity index is 1.82. The van der Waals surface area contributed by atoms with Gasteiger partial charge in [-0.25, -0.2) is 4.39 Å². The number of aliphatic hydroxyl groups is 3. The highest BCUT2D eigenvalue weighted by Gasteiger charge is 2.51. The number of rotatable bonds is 9. The Kier molecular flexibility index (Phi) is 8.35. The van der Waals surface area contributed by atoms with Crippen molar-refractivity contribution in [3.63, 3.8) is 0 Å². The molecular formula is C28H33FN2O7. The van der Waals surface area contributed by atoms with E-state index >= 15 is 0 Å². The average Bonchev–Trinajstić information content (AvgIpc) is 3.31. The van der Waals surface area contributed by atoms with Gasteiger partial charge >= 0.3 is 0 Å². The third kappa shape index (κ3) is 5.24. The summed E-state index contributed by atoms with van der Waals surface area (Å²) >= 11 is 0. The molecule has 2 aliphatic rings. The molecule has 204 valence electrons. The average molecular weight is 529 g/mol. The number of halogens is 1. The fraction of sp³-hybridized carbons (Fsp3) is 0.429. The summed E-state index contributed by atoms with van der Waals surface area (Å²) in [4.78, 5) is 28.2. The topological polar surface area (TPSA) is 129 Å². The van der Waals surface area contributed by atoms with Crippen LogP contribution in [0.2, 0.25) is 0 Å². The van der Waals surface area contributed by atoms with E-state index < -0.39 is 41.8 Å². The Morgan fingerprint density at radius 3 is 2.47 bits per heavy atom. The first-order valence-electron chi connectivity index (χ1n) is 12.5. The van der Waals surface area contributed by atoms with Crippen LogP contribution in [-0.2, 0) is 22.7 Å². The highest BCUT2D eigenvalue weighted by Crippen LogP contribution is 2.51. The van der Waals surface area contributed by atoms with Gasteiger partial charge in [0.15, 0.2) is 11.5 Å². The number of hydrogen-bond donors (Lipinski definition) is 4. The second-order valence-corrected chi connectivity index (χ2v) is 9.76. The van der Waals surface area contributed by atoms with E-state index in [1.165, 1.54) is 24.1 Å². The molecule has 0 saturated heterocycles. The van der Waals surface area contributed by atoms with Crippen LogP contribution in [0.3, 0.4) is 0 Å². The van der Waals surface area contributed by atoms with E-state index in [0.717, 1.165) is 0 Å². The molecule has 9 nitrogen and oxygen atoms in total. The van der Waals surface area contributed by atoms with Crippen LogP contribution >= 0.6 is 0 Å². The molecule has 10 heteroatoms. The van der Waals surface area contributed by atoms with Crippen molar-refractivity contribution in [3.05, 3.63) is 70.6 Å². The van der Waals surface area contributed by atoms with Crippen molar-refractivity contribution < 1.29 is 38.8 Å². The van der Waals surface area contributed by atoms with Gasteiger partial charge in [0.1, 0.15) is 18.0 Å². The summed E-state index contributed by atoms with van der Waals surface area (Å²) in [5.74, 6) is -1.59. The van der Waals surface area contributed by atoms with Gasteiger partial charge in [-0.3, -0.25) is 9.59 Å². The Morgan fingerprint density at radius 2 is 1.87 bits per heavy atom. The number of ether oxygens (including phenoxy) is 2. The van der Waals surface area contributed by atoms with Crippen molar-refractivity contribution >= 4 is 11.8 Å².